The van der Waals surface area contributed by atoms with Crippen LogP contribution in [0, 0.1) is 11.6 Å². The molecule has 0 amide bonds. The van der Waals surface area contributed by atoms with E-state index in [-0.39, 0.29) is 17.1 Å². The molecule has 1 saturated heterocycles. The lowest BCUT2D eigenvalue weighted by Crippen LogP contribution is -2.49. The van der Waals surface area contributed by atoms with Crippen LogP contribution in [0.5, 0.6) is 0 Å². The fourth-order valence-electron chi connectivity index (χ4n) is 4.65. The number of fused-ring (bicyclic) bond motifs is 1. The van der Waals surface area contributed by atoms with Crippen molar-refractivity contribution < 1.29 is 21.9 Å². The molecule has 0 N–H and O–H groups in total. The number of sulfonamides is 1. The maximum Gasteiger partial charge on any atom is 0.243 e. The third kappa shape index (κ3) is 5.90. The summed E-state index contributed by atoms with van der Waals surface area (Å²) in [5.74, 6) is -1.32. The fraction of sp³-hybridized carbons (Fsp3) is 0.241. The second kappa shape index (κ2) is 11.5. The lowest BCUT2D eigenvalue weighted by Gasteiger charge is -2.36. The molecule has 1 atom stereocenters. The SMILES string of the molecule is O=S(=O)(c1ccc2ccccc2c1)N1CCN(C[C@@H](OCc2c(F)cccc2F)c2ccc(Cl)cc2)CC1. The first-order valence-corrected chi connectivity index (χ1v) is 14.1. The van der Waals surface area contributed by atoms with Crippen LogP contribution in [0.2, 0.25) is 5.02 Å². The number of benzene rings is 4. The molecule has 5 nitrogen and oxygen atoms in total. The van der Waals surface area contributed by atoms with Crippen LogP contribution in [-0.2, 0) is 21.4 Å². The molecule has 1 heterocycles. The van der Waals surface area contributed by atoms with Gasteiger partial charge < -0.3 is 4.74 Å². The van der Waals surface area contributed by atoms with Gasteiger partial charge in [-0.3, -0.25) is 4.90 Å². The quantitative estimate of drug-likeness (QED) is 0.266. The Hall–Kier alpha value is -2.88. The van der Waals surface area contributed by atoms with E-state index < -0.39 is 27.8 Å². The van der Waals surface area contributed by atoms with Crippen LogP contribution in [0.3, 0.4) is 0 Å². The molecule has 1 aliphatic rings. The van der Waals surface area contributed by atoms with Gasteiger partial charge in [-0.1, -0.05) is 60.1 Å². The van der Waals surface area contributed by atoms with Gasteiger partial charge in [0.1, 0.15) is 11.6 Å². The van der Waals surface area contributed by atoms with E-state index in [0.717, 1.165) is 16.3 Å². The van der Waals surface area contributed by atoms with Crippen LogP contribution in [0.25, 0.3) is 10.8 Å². The zero-order valence-electron chi connectivity index (χ0n) is 20.6. The van der Waals surface area contributed by atoms with Crippen LogP contribution < -0.4 is 0 Å². The number of ether oxygens (including phenoxy) is 1. The smallest absolute Gasteiger partial charge is 0.243 e. The Morgan fingerprint density at radius 3 is 2.16 bits per heavy atom. The topological polar surface area (TPSA) is 49.9 Å². The second-order valence-electron chi connectivity index (χ2n) is 9.27. The van der Waals surface area contributed by atoms with Crippen molar-refractivity contribution in [1.82, 2.24) is 9.21 Å². The molecule has 0 spiro atoms. The number of piperazine rings is 1. The van der Waals surface area contributed by atoms with Crippen LogP contribution in [-0.4, -0.2) is 50.3 Å². The van der Waals surface area contributed by atoms with Crippen molar-refractivity contribution >= 4 is 32.4 Å². The standard InChI is InChI=1S/C29H27ClF2N2O3S/c30-24-11-8-22(9-12-24)29(37-20-26-27(31)6-3-7-28(26)32)19-33-14-16-34(17-15-33)38(35,36)25-13-10-21-4-1-2-5-23(21)18-25/h1-13,18,29H,14-17,19-20H2/t29-/m1/s1. The molecule has 4 aromatic rings. The molecule has 1 fully saturated rings. The average molecular weight is 557 g/mol. The van der Waals surface area contributed by atoms with Gasteiger partial charge in [0.25, 0.3) is 0 Å². The monoisotopic (exact) mass is 556 g/mol. The average Bonchev–Trinajstić information content (AvgIpc) is 2.92. The Labute approximate surface area is 226 Å². The summed E-state index contributed by atoms with van der Waals surface area (Å²) in [6.45, 7) is 1.83. The van der Waals surface area contributed by atoms with Crippen LogP contribution in [0.4, 0.5) is 8.78 Å². The largest absolute Gasteiger partial charge is 0.367 e. The van der Waals surface area contributed by atoms with Gasteiger partial charge in [0.15, 0.2) is 0 Å². The van der Waals surface area contributed by atoms with Crippen molar-refractivity contribution in [2.45, 2.75) is 17.6 Å². The van der Waals surface area contributed by atoms with Gasteiger partial charge in [-0.2, -0.15) is 4.31 Å². The van der Waals surface area contributed by atoms with Crippen LogP contribution in [0.1, 0.15) is 17.2 Å². The molecule has 0 unspecified atom stereocenters. The van der Waals surface area contributed by atoms with E-state index in [0.29, 0.717) is 37.7 Å². The van der Waals surface area contributed by atoms with Gasteiger partial charge in [0.2, 0.25) is 10.0 Å². The maximum atomic E-state index is 14.2. The van der Waals surface area contributed by atoms with Gasteiger partial charge in [0.05, 0.1) is 17.6 Å². The lowest BCUT2D eigenvalue weighted by molar-refractivity contribution is 0.00547. The molecule has 1 aliphatic heterocycles. The molecule has 4 aromatic carbocycles. The molecule has 0 saturated carbocycles. The molecule has 0 radical (unpaired) electrons. The molecule has 5 rings (SSSR count). The summed E-state index contributed by atoms with van der Waals surface area (Å²) in [7, 11) is -3.64. The zero-order chi connectivity index (χ0) is 26.7. The molecule has 198 valence electrons. The number of hydrogen-bond donors (Lipinski definition) is 0. The van der Waals surface area contributed by atoms with E-state index in [1.54, 1.807) is 24.3 Å². The Kier molecular flexibility index (Phi) is 8.07. The zero-order valence-corrected chi connectivity index (χ0v) is 22.1. The van der Waals surface area contributed by atoms with E-state index in [1.807, 2.05) is 42.5 Å². The molecule has 38 heavy (non-hydrogen) atoms. The van der Waals surface area contributed by atoms with Crippen molar-refractivity contribution in [3.05, 3.63) is 113 Å². The van der Waals surface area contributed by atoms with Gasteiger partial charge in [-0.25, -0.2) is 17.2 Å². The van der Waals surface area contributed by atoms with Gasteiger partial charge in [-0.15, -0.1) is 0 Å². The summed E-state index contributed by atoms with van der Waals surface area (Å²) < 4.78 is 62.6. The molecule has 0 aliphatic carbocycles. The summed E-state index contributed by atoms with van der Waals surface area (Å²) in [6.07, 6.45) is -0.491. The highest BCUT2D eigenvalue weighted by Gasteiger charge is 2.30. The van der Waals surface area contributed by atoms with Crippen molar-refractivity contribution in [1.29, 1.82) is 0 Å². The summed E-state index contributed by atoms with van der Waals surface area (Å²) in [5, 5.41) is 2.43. The fourth-order valence-corrected chi connectivity index (χ4v) is 6.23. The van der Waals surface area contributed by atoms with Crippen molar-refractivity contribution in [3.63, 3.8) is 0 Å². The van der Waals surface area contributed by atoms with E-state index in [9.17, 15) is 17.2 Å². The minimum absolute atomic E-state index is 0.127. The van der Waals surface area contributed by atoms with E-state index in [2.05, 4.69) is 4.90 Å². The third-order valence-electron chi connectivity index (χ3n) is 6.85. The number of halogens is 3. The Morgan fingerprint density at radius 1 is 0.816 bits per heavy atom. The van der Waals surface area contributed by atoms with Gasteiger partial charge in [-0.05, 0) is 52.7 Å². The van der Waals surface area contributed by atoms with E-state index in [4.69, 9.17) is 16.3 Å². The maximum absolute atomic E-state index is 14.2. The number of hydrogen-bond acceptors (Lipinski definition) is 4. The Morgan fingerprint density at radius 2 is 1.47 bits per heavy atom. The summed E-state index contributed by atoms with van der Waals surface area (Å²) in [4.78, 5) is 2.38. The highest BCUT2D eigenvalue weighted by Crippen LogP contribution is 2.26. The van der Waals surface area contributed by atoms with Crippen molar-refractivity contribution in [2.24, 2.45) is 0 Å². The van der Waals surface area contributed by atoms with Crippen LogP contribution >= 0.6 is 11.6 Å². The highest BCUT2D eigenvalue weighted by atomic mass is 35.5. The van der Waals surface area contributed by atoms with Gasteiger partial charge in [0, 0.05) is 43.3 Å². The van der Waals surface area contributed by atoms with Gasteiger partial charge >= 0.3 is 0 Å². The number of rotatable bonds is 8. The first-order valence-electron chi connectivity index (χ1n) is 12.3. The van der Waals surface area contributed by atoms with Crippen LogP contribution in [0.15, 0.2) is 89.8 Å². The Bertz CT molecular complexity index is 1500. The normalized spacial score (nSPS) is 16.1. The highest BCUT2D eigenvalue weighted by molar-refractivity contribution is 7.89. The van der Waals surface area contributed by atoms with Crippen molar-refractivity contribution in [3.8, 4) is 0 Å². The molecule has 0 bridgehead atoms. The summed E-state index contributed by atoms with van der Waals surface area (Å²) in [5.41, 5.74) is 0.690. The summed E-state index contributed by atoms with van der Waals surface area (Å²) >= 11 is 6.05. The first kappa shape index (κ1) is 26.7. The molecule has 0 aromatic heterocycles. The number of nitrogens with zero attached hydrogens (tertiary/aromatic N) is 2. The predicted molar refractivity (Wildman–Crippen MR) is 144 cm³/mol. The summed E-state index contributed by atoms with van der Waals surface area (Å²) in [6, 6.07) is 23.7. The second-order valence-corrected chi connectivity index (χ2v) is 11.6. The molecular formula is C29H27ClF2N2O3S. The molecule has 9 heteroatoms. The molecular weight excluding hydrogens is 530 g/mol. The van der Waals surface area contributed by atoms with E-state index in [1.165, 1.54) is 22.5 Å². The Balaban J connectivity index is 1.27. The van der Waals surface area contributed by atoms with E-state index >= 15 is 0 Å². The minimum atomic E-state index is -3.64. The van der Waals surface area contributed by atoms with Crippen molar-refractivity contribution in [2.75, 3.05) is 32.7 Å². The first-order chi connectivity index (χ1) is 18.3. The lowest BCUT2D eigenvalue weighted by atomic mass is 10.1. The predicted octanol–water partition coefficient (Wildman–Crippen LogP) is 6.04. The third-order valence-corrected chi connectivity index (χ3v) is 8.99. The minimum Gasteiger partial charge on any atom is -0.367 e.